The van der Waals surface area contributed by atoms with Gasteiger partial charge in [0, 0.05) is 11.9 Å². The molecular formula is C13H15BrN2O2. The Kier molecular flexibility index (Phi) is 3.43. The second kappa shape index (κ2) is 4.72. The Morgan fingerprint density at radius 3 is 2.44 bits per heavy atom. The molecule has 0 radical (unpaired) electrons. The lowest BCUT2D eigenvalue weighted by atomic mass is 9.97. The lowest BCUT2D eigenvalue weighted by Crippen LogP contribution is -2.35. The van der Waals surface area contributed by atoms with Gasteiger partial charge in [-0.05, 0) is 17.5 Å². The second-order valence-corrected chi connectivity index (χ2v) is 5.74. The predicted molar refractivity (Wildman–Crippen MR) is 76.4 cm³/mol. The van der Waals surface area contributed by atoms with E-state index < -0.39 is 0 Å². The van der Waals surface area contributed by atoms with Crippen molar-refractivity contribution in [2.24, 2.45) is 5.41 Å². The standard InChI is InChI=1S/C13H15BrN2O2/c1-13(2,7-14)8-16-12(18)10-6-4-3-5-9(10)11(17)15-16/h3-6H,7-8H2,1-2H3,(H,15,17). The molecule has 0 atom stereocenters. The summed E-state index contributed by atoms with van der Waals surface area (Å²) in [5, 5.41) is 4.29. The zero-order valence-corrected chi connectivity index (χ0v) is 12.0. The van der Waals surface area contributed by atoms with Crippen LogP contribution in [0.5, 0.6) is 0 Å². The van der Waals surface area contributed by atoms with Crippen LogP contribution in [0.15, 0.2) is 33.9 Å². The zero-order valence-electron chi connectivity index (χ0n) is 10.4. The normalized spacial score (nSPS) is 11.9. The van der Waals surface area contributed by atoms with Crippen molar-refractivity contribution in [2.75, 3.05) is 5.33 Å². The summed E-state index contributed by atoms with van der Waals surface area (Å²) in [6.07, 6.45) is 0. The van der Waals surface area contributed by atoms with E-state index >= 15 is 0 Å². The van der Waals surface area contributed by atoms with Gasteiger partial charge in [-0.3, -0.25) is 14.7 Å². The maximum Gasteiger partial charge on any atom is 0.273 e. The molecule has 1 heterocycles. The number of hydrogen-bond acceptors (Lipinski definition) is 2. The van der Waals surface area contributed by atoms with Crippen LogP contribution in [0.3, 0.4) is 0 Å². The Hall–Kier alpha value is -1.36. The van der Waals surface area contributed by atoms with Crippen LogP contribution in [0.1, 0.15) is 13.8 Å². The summed E-state index contributed by atoms with van der Waals surface area (Å²) in [7, 11) is 0. The van der Waals surface area contributed by atoms with Gasteiger partial charge >= 0.3 is 0 Å². The lowest BCUT2D eigenvalue weighted by molar-refractivity contribution is 0.326. The molecule has 1 aromatic heterocycles. The summed E-state index contributed by atoms with van der Waals surface area (Å²) in [4.78, 5) is 24.2. The molecule has 1 aromatic carbocycles. The molecule has 0 amide bonds. The fourth-order valence-electron chi connectivity index (χ4n) is 1.83. The van der Waals surface area contributed by atoms with Gasteiger partial charge in [0.2, 0.25) is 0 Å². The average Bonchev–Trinajstić information content (AvgIpc) is 2.35. The molecule has 0 saturated heterocycles. The number of aromatic nitrogens is 2. The van der Waals surface area contributed by atoms with Crippen molar-refractivity contribution in [3.05, 3.63) is 45.0 Å². The summed E-state index contributed by atoms with van der Waals surface area (Å²) >= 11 is 3.41. The van der Waals surface area contributed by atoms with E-state index in [-0.39, 0.29) is 16.5 Å². The van der Waals surface area contributed by atoms with Gasteiger partial charge in [0.1, 0.15) is 0 Å². The van der Waals surface area contributed by atoms with E-state index in [1.807, 2.05) is 13.8 Å². The van der Waals surface area contributed by atoms with E-state index in [4.69, 9.17) is 0 Å². The Balaban J connectivity index is 2.64. The third-order valence-electron chi connectivity index (χ3n) is 2.83. The third-order valence-corrected chi connectivity index (χ3v) is 4.35. The van der Waals surface area contributed by atoms with E-state index in [1.165, 1.54) is 4.68 Å². The van der Waals surface area contributed by atoms with Crippen LogP contribution in [0, 0.1) is 5.41 Å². The predicted octanol–water partition coefficient (Wildman–Crippen LogP) is 2.11. The number of aromatic amines is 1. The fraction of sp³-hybridized carbons (Fsp3) is 0.385. The molecule has 0 unspecified atom stereocenters. The SMILES string of the molecule is CC(C)(CBr)Cn1[nH]c(=O)c2ccccc2c1=O. The quantitative estimate of drug-likeness (QED) is 0.883. The maximum absolute atomic E-state index is 12.3. The Labute approximate surface area is 113 Å². The van der Waals surface area contributed by atoms with Crippen molar-refractivity contribution in [3.63, 3.8) is 0 Å². The van der Waals surface area contributed by atoms with Crippen LogP contribution in [0.25, 0.3) is 10.8 Å². The Morgan fingerprint density at radius 1 is 1.22 bits per heavy atom. The van der Waals surface area contributed by atoms with E-state index in [0.717, 1.165) is 5.33 Å². The summed E-state index contributed by atoms with van der Waals surface area (Å²) < 4.78 is 1.39. The van der Waals surface area contributed by atoms with E-state index in [0.29, 0.717) is 17.3 Å². The van der Waals surface area contributed by atoms with E-state index in [9.17, 15) is 9.59 Å². The number of fused-ring (bicyclic) bond motifs is 1. The Morgan fingerprint density at radius 2 is 1.83 bits per heavy atom. The first kappa shape index (κ1) is 13.1. The maximum atomic E-state index is 12.3. The molecule has 1 N–H and O–H groups in total. The summed E-state index contributed by atoms with van der Waals surface area (Å²) in [5.74, 6) is 0. The van der Waals surface area contributed by atoms with Gasteiger partial charge in [0.05, 0.1) is 10.8 Å². The first-order valence-electron chi connectivity index (χ1n) is 5.72. The van der Waals surface area contributed by atoms with Crippen LogP contribution in [-0.2, 0) is 6.54 Å². The number of alkyl halides is 1. The molecule has 2 rings (SSSR count). The molecule has 2 aromatic rings. The number of halogens is 1. The third kappa shape index (κ3) is 2.41. The molecule has 4 nitrogen and oxygen atoms in total. The average molecular weight is 311 g/mol. The number of rotatable bonds is 3. The van der Waals surface area contributed by atoms with Crippen LogP contribution in [-0.4, -0.2) is 15.1 Å². The number of nitrogens with one attached hydrogen (secondary N) is 1. The molecule has 5 heteroatoms. The highest BCUT2D eigenvalue weighted by Crippen LogP contribution is 2.19. The summed E-state index contributed by atoms with van der Waals surface area (Å²) in [6, 6.07) is 6.87. The summed E-state index contributed by atoms with van der Waals surface area (Å²) in [5.41, 5.74) is -0.482. The van der Waals surface area contributed by atoms with E-state index in [1.54, 1.807) is 24.3 Å². The second-order valence-electron chi connectivity index (χ2n) is 5.18. The summed E-state index contributed by atoms with van der Waals surface area (Å²) in [6.45, 7) is 4.53. The smallest absolute Gasteiger partial charge is 0.267 e. The largest absolute Gasteiger partial charge is 0.273 e. The van der Waals surface area contributed by atoms with Crippen molar-refractivity contribution >= 4 is 26.7 Å². The first-order valence-corrected chi connectivity index (χ1v) is 6.84. The topological polar surface area (TPSA) is 54.9 Å². The minimum absolute atomic E-state index is 0.102. The molecular weight excluding hydrogens is 296 g/mol. The highest BCUT2D eigenvalue weighted by molar-refractivity contribution is 9.09. The Bertz CT molecular complexity index is 685. The van der Waals surface area contributed by atoms with Crippen molar-refractivity contribution in [2.45, 2.75) is 20.4 Å². The molecule has 0 saturated carbocycles. The monoisotopic (exact) mass is 310 g/mol. The molecule has 0 aliphatic heterocycles. The van der Waals surface area contributed by atoms with Crippen molar-refractivity contribution in [1.82, 2.24) is 9.78 Å². The van der Waals surface area contributed by atoms with Gasteiger partial charge in [0.25, 0.3) is 11.1 Å². The van der Waals surface area contributed by atoms with Crippen molar-refractivity contribution < 1.29 is 0 Å². The van der Waals surface area contributed by atoms with Gasteiger partial charge in [-0.2, -0.15) is 0 Å². The van der Waals surface area contributed by atoms with Crippen molar-refractivity contribution in [3.8, 4) is 0 Å². The molecule has 18 heavy (non-hydrogen) atoms. The number of H-pyrrole nitrogens is 1. The molecule has 0 bridgehead atoms. The van der Waals surface area contributed by atoms with Crippen LogP contribution < -0.4 is 11.1 Å². The number of benzene rings is 1. The molecule has 0 spiro atoms. The van der Waals surface area contributed by atoms with Crippen LogP contribution >= 0.6 is 15.9 Å². The van der Waals surface area contributed by atoms with Crippen molar-refractivity contribution in [1.29, 1.82) is 0 Å². The molecule has 0 aliphatic carbocycles. The highest BCUT2D eigenvalue weighted by atomic mass is 79.9. The number of hydrogen-bond donors (Lipinski definition) is 1. The minimum atomic E-state index is -0.226. The highest BCUT2D eigenvalue weighted by Gasteiger charge is 2.19. The van der Waals surface area contributed by atoms with Crippen LogP contribution in [0.4, 0.5) is 0 Å². The van der Waals surface area contributed by atoms with Crippen LogP contribution in [0.2, 0.25) is 0 Å². The van der Waals surface area contributed by atoms with Gasteiger partial charge < -0.3 is 0 Å². The fourth-order valence-corrected chi connectivity index (χ4v) is 2.01. The minimum Gasteiger partial charge on any atom is -0.267 e. The van der Waals surface area contributed by atoms with Gasteiger partial charge in [-0.25, -0.2) is 4.68 Å². The molecule has 0 fully saturated rings. The zero-order chi connectivity index (χ0) is 13.3. The van der Waals surface area contributed by atoms with Gasteiger partial charge in [0.15, 0.2) is 0 Å². The van der Waals surface area contributed by atoms with Gasteiger partial charge in [-0.1, -0.05) is 41.9 Å². The first-order chi connectivity index (χ1) is 8.44. The van der Waals surface area contributed by atoms with E-state index in [2.05, 4.69) is 21.0 Å². The number of nitrogens with zero attached hydrogens (tertiary/aromatic N) is 1. The van der Waals surface area contributed by atoms with Gasteiger partial charge in [-0.15, -0.1) is 0 Å². The lowest BCUT2D eigenvalue weighted by Gasteiger charge is -2.22. The molecule has 96 valence electrons. The molecule has 0 aliphatic rings.